The van der Waals surface area contributed by atoms with Crippen molar-refractivity contribution in [1.82, 2.24) is 29.7 Å². The van der Waals surface area contributed by atoms with E-state index in [0.717, 1.165) is 40.9 Å². The Hall–Kier alpha value is -5.13. The average molecular weight is 638 g/mol. The Morgan fingerprint density at radius 1 is 0.936 bits per heavy atom. The largest absolute Gasteiger partial charge is 0.436 e. The summed E-state index contributed by atoms with van der Waals surface area (Å²) in [6.07, 6.45) is 3.19. The molecule has 2 aromatic heterocycles. The molecule has 7 rings (SSSR count). The highest BCUT2D eigenvalue weighted by atomic mass is 16.6. The predicted octanol–water partition coefficient (Wildman–Crippen LogP) is 4.53. The van der Waals surface area contributed by atoms with Crippen LogP contribution in [0.1, 0.15) is 54.0 Å². The number of carbonyl (C=O) groups excluding carboxylic acids is 3. The number of aryl methyl sites for hydroxylation is 1. The maximum atomic E-state index is 14.0. The molecule has 4 aromatic rings. The number of ether oxygens (including phenoxy) is 1. The number of hydrogen-bond donors (Lipinski definition) is 3. The van der Waals surface area contributed by atoms with E-state index in [1.165, 1.54) is 0 Å². The maximum absolute atomic E-state index is 14.0. The van der Waals surface area contributed by atoms with Gasteiger partial charge in [-0.15, -0.1) is 0 Å². The van der Waals surface area contributed by atoms with Crippen LogP contribution in [-0.2, 0) is 22.5 Å². The van der Waals surface area contributed by atoms with Gasteiger partial charge < -0.3 is 34.7 Å². The summed E-state index contributed by atoms with van der Waals surface area (Å²) in [5, 5.41) is 2.98. The van der Waals surface area contributed by atoms with Crippen molar-refractivity contribution in [2.75, 3.05) is 31.5 Å². The molecule has 3 aliphatic heterocycles. The Labute approximate surface area is 272 Å². The number of para-hydroxylation sites is 1. The summed E-state index contributed by atoms with van der Waals surface area (Å²) in [5.74, 6) is 0.0464. The van der Waals surface area contributed by atoms with Crippen molar-refractivity contribution in [2.24, 2.45) is 0 Å². The molecule has 12 nitrogen and oxygen atoms in total. The number of likely N-dealkylation sites (tertiary alicyclic amines) is 2. The van der Waals surface area contributed by atoms with Gasteiger partial charge in [0.05, 0.1) is 11.0 Å². The fourth-order valence-corrected chi connectivity index (χ4v) is 7.20. The van der Waals surface area contributed by atoms with Crippen LogP contribution in [-0.4, -0.2) is 86.0 Å². The van der Waals surface area contributed by atoms with Crippen LogP contribution in [0.3, 0.4) is 0 Å². The van der Waals surface area contributed by atoms with E-state index in [0.29, 0.717) is 56.6 Å². The predicted molar refractivity (Wildman–Crippen MR) is 176 cm³/mol. The van der Waals surface area contributed by atoms with E-state index in [4.69, 9.17) is 4.74 Å². The number of fused-ring (bicyclic) bond motifs is 2. The van der Waals surface area contributed by atoms with Crippen LogP contribution in [0.4, 0.5) is 15.3 Å². The number of H-pyrrole nitrogens is 2. The van der Waals surface area contributed by atoms with Crippen molar-refractivity contribution in [3.05, 3.63) is 93.7 Å². The zero-order chi connectivity index (χ0) is 32.5. The Morgan fingerprint density at radius 2 is 1.68 bits per heavy atom. The minimum Gasteiger partial charge on any atom is -0.436 e. The molecular weight excluding hydrogens is 598 g/mol. The van der Waals surface area contributed by atoms with Crippen molar-refractivity contribution in [3.63, 3.8) is 0 Å². The molecule has 2 aromatic carbocycles. The van der Waals surface area contributed by atoms with Gasteiger partial charge in [0.15, 0.2) is 6.10 Å². The van der Waals surface area contributed by atoms with Crippen LogP contribution in [0.2, 0.25) is 0 Å². The first kappa shape index (κ1) is 30.5. The van der Waals surface area contributed by atoms with Crippen LogP contribution < -0.4 is 11.0 Å². The first-order valence-electron chi connectivity index (χ1n) is 16.3. The summed E-state index contributed by atoms with van der Waals surface area (Å²) in [6, 6.07) is 17.3. The molecule has 2 saturated heterocycles. The third-order valence-electron chi connectivity index (χ3n) is 9.76. The van der Waals surface area contributed by atoms with E-state index >= 15 is 0 Å². The molecule has 0 spiro atoms. The lowest BCUT2D eigenvalue weighted by Gasteiger charge is -2.40. The van der Waals surface area contributed by atoms with Gasteiger partial charge in [0.2, 0.25) is 0 Å². The molecule has 0 aliphatic carbocycles. The SMILES string of the molecule is Cc1cc(CC(OC(=O)N2CCC(N3Cc4ccccc4NC3=O)CC2)C(=O)N2CCC(c3ccccn3)CC2)cc2[nH]c(=O)[nH]c12. The van der Waals surface area contributed by atoms with Crippen molar-refractivity contribution in [2.45, 2.75) is 63.6 Å². The monoisotopic (exact) mass is 637 g/mol. The zero-order valence-electron chi connectivity index (χ0n) is 26.4. The number of hydrogen-bond acceptors (Lipinski definition) is 6. The number of aromatic amines is 2. The van der Waals surface area contributed by atoms with Gasteiger partial charge in [-0.2, -0.15) is 0 Å². The fourth-order valence-electron chi connectivity index (χ4n) is 7.20. The molecule has 4 amide bonds. The van der Waals surface area contributed by atoms with E-state index in [1.54, 1.807) is 16.0 Å². The normalized spacial score (nSPS) is 18.1. The number of anilines is 1. The lowest BCUT2D eigenvalue weighted by molar-refractivity contribution is -0.142. The zero-order valence-corrected chi connectivity index (χ0v) is 26.4. The Morgan fingerprint density at radius 3 is 2.45 bits per heavy atom. The Kier molecular flexibility index (Phi) is 8.40. The number of amides is 4. The second-order valence-electron chi connectivity index (χ2n) is 12.8. The summed E-state index contributed by atoms with van der Waals surface area (Å²) in [4.78, 5) is 67.8. The highest BCUT2D eigenvalue weighted by molar-refractivity contribution is 5.92. The van der Waals surface area contributed by atoms with Crippen molar-refractivity contribution in [3.8, 4) is 0 Å². The second-order valence-corrected chi connectivity index (χ2v) is 12.8. The number of urea groups is 1. The summed E-state index contributed by atoms with van der Waals surface area (Å²) in [5.41, 5.74) is 5.63. The average Bonchev–Trinajstić information content (AvgIpc) is 3.48. The summed E-state index contributed by atoms with van der Waals surface area (Å²) in [6.45, 7) is 4.35. The van der Waals surface area contributed by atoms with E-state index in [2.05, 4.69) is 20.3 Å². The highest BCUT2D eigenvalue weighted by Crippen LogP contribution is 2.30. The number of benzene rings is 2. The van der Waals surface area contributed by atoms with Gasteiger partial charge in [-0.05, 0) is 73.6 Å². The number of carbonyl (C=O) groups is 3. The van der Waals surface area contributed by atoms with Gasteiger partial charge in [0.25, 0.3) is 5.91 Å². The van der Waals surface area contributed by atoms with Crippen molar-refractivity contribution < 1.29 is 19.1 Å². The number of nitrogens with zero attached hydrogens (tertiary/aromatic N) is 4. The van der Waals surface area contributed by atoms with E-state index in [-0.39, 0.29) is 36.0 Å². The van der Waals surface area contributed by atoms with E-state index < -0.39 is 12.2 Å². The summed E-state index contributed by atoms with van der Waals surface area (Å²) in [7, 11) is 0. The van der Waals surface area contributed by atoms with Gasteiger partial charge in [0, 0.05) is 68.7 Å². The standard InChI is InChI=1S/C35H39N7O5/c1-22-18-23(19-29-31(22)39-33(44)37-29)20-30(32(43)40-14-9-24(10-15-40)27-7-4-5-13-36-27)47-35(46)41-16-11-26(12-17-41)42-21-25-6-2-3-8-28(25)38-34(42)45/h2-8,13,18-19,24,26,30H,9-12,14-17,20-21H2,1H3,(H,38,45)(H2,37,39,44). The Balaban J connectivity index is 1.03. The molecule has 0 saturated carbocycles. The van der Waals surface area contributed by atoms with Crippen LogP contribution in [0.15, 0.2) is 65.6 Å². The van der Waals surface area contributed by atoms with Crippen LogP contribution in [0.25, 0.3) is 11.0 Å². The second kappa shape index (κ2) is 12.9. The quantitative estimate of drug-likeness (QED) is 0.284. The minimum absolute atomic E-state index is 0.0107. The molecule has 3 N–H and O–H groups in total. The lowest BCUT2D eigenvalue weighted by Crippen LogP contribution is -2.52. The molecular formula is C35H39N7O5. The van der Waals surface area contributed by atoms with Crippen molar-refractivity contribution in [1.29, 1.82) is 0 Å². The molecule has 3 aliphatic rings. The number of piperidine rings is 2. The molecule has 1 atom stereocenters. The molecule has 244 valence electrons. The highest BCUT2D eigenvalue weighted by Gasteiger charge is 2.36. The third-order valence-corrected chi connectivity index (χ3v) is 9.76. The van der Waals surface area contributed by atoms with Gasteiger partial charge in [-0.3, -0.25) is 9.78 Å². The van der Waals surface area contributed by atoms with Gasteiger partial charge in [-0.1, -0.05) is 30.3 Å². The van der Waals surface area contributed by atoms with Gasteiger partial charge in [-0.25, -0.2) is 14.4 Å². The molecule has 5 heterocycles. The third kappa shape index (κ3) is 6.45. The summed E-state index contributed by atoms with van der Waals surface area (Å²) >= 11 is 0. The molecule has 0 bridgehead atoms. The van der Waals surface area contributed by atoms with E-state index in [9.17, 15) is 19.2 Å². The van der Waals surface area contributed by atoms with Crippen LogP contribution in [0, 0.1) is 6.92 Å². The lowest BCUT2D eigenvalue weighted by atomic mass is 9.92. The molecule has 47 heavy (non-hydrogen) atoms. The first-order chi connectivity index (χ1) is 22.8. The minimum atomic E-state index is -1.03. The number of imidazole rings is 1. The maximum Gasteiger partial charge on any atom is 0.410 e. The Bertz CT molecular complexity index is 1840. The van der Waals surface area contributed by atoms with Crippen LogP contribution in [0.5, 0.6) is 0 Å². The smallest absolute Gasteiger partial charge is 0.410 e. The van der Waals surface area contributed by atoms with E-state index in [1.807, 2.05) is 66.4 Å². The molecule has 12 heteroatoms. The number of pyridine rings is 1. The topological polar surface area (TPSA) is 144 Å². The fraction of sp³-hybridized carbons (Fsp3) is 0.400. The number of nitrogens with one attached hydrogen (secondary N) is 3. The summed E-state index contributed by atoms with van der Waals surface area (Å²) < 4.78 is 6.04. The van der Waals surface area contributed by atoms with Gasteiger partial charge in [0.1, 0.15) is 0 Å². The number of aromatic nitrogens is 3. The van der Waals surface area contributed by atoms with Gasteiger partial charge >= 0.3 is 17.8 Å². The van der Waals surface area contributed by atoms with Crippen LogP contribution >= 0.6 is 0 Å². The number of rotatable bonds is 6. The van der Waals surface area contributed by atoms with Crippen molar-refractivity contribution >= 4 is 34.8 Å². The molecule has 0 radical (unpaired) electrons. The first-order valence-corrected chi connectivity index (χ1v) is 16.3. The molecule has 1 unspecified atom stereocenters. The molecule has 2 fully saturated rings.